The molecule has 0 aromatic heterocycles. The molecule has 0 bridgehead atoms. The van der Waals surface area contributed by atoms with Crippen molar-refractivity contribution in [3.8, 4) is 5.75 Å². The molecule has 0 radical (unpaired) electrons. The van der Waals surface area contributed by atoms with Gasteiger partial charge in [-0.2, -0.15) is 0 Å². The number of aliphatic hydroxyl groups is 1. The summed E-state index contributed by atoms with van der Waals surface area (Å²) in [4.78, 5) is 2.39. The van der Waals surface area contributed by atoms with Crippen LogP contribution in [0.1, 0.15) is 43.7 Å². The summed E-state index contributed by atoms with van der Waals surface area (Å²) in [5, 5.41) is 21.9. The van der Waals surface area contributed by atoms with Gasteiger partial charge in [-0.25, -0.2) is 0 Å². The van der Waals surface area contributed by atoms with Crippen LogP contribution in [-0.2, 0) is 10.3 Å². The molecule has 28 heavy (non-hydrogen) atoms. The summed E-state index contributed by atoms with van der Waals surface area (Å²) in [6.45, 7) is 8.42. The van der Waals surface area contributed by atoms with Crippen LogP contribution in [0.15, 0.2) is 54.6 Å². The van der Waals surface area contributed by atoms with Gasteiger partial charge in [0.15, 0.2) is 0 Å². The van der Waals surface area contributed by atoms with E-state index in [1.54, 1.807) is 12.1 Å². The van der Waals surface area contributed by atoms with E-state index in [0.717, 1.165) is 50.4 Å². The average molecular weight is 384 g/mol. The van der Waals surface area contributed by atoms with Gasteiger partial charge in [0.2, 0.25) is 0 Å². The van der Waals surface area contributed by atoms with Crippen LogP contribution in [0.2, 0.25) is 0 Å². The van der Waals surface area contributed by atoms with E-state index in [0.29, 0.717) is 12.3 Å². The Bertz CT molecular complexity index is 710. The van der Waals surface area contributed by atoms with E-state index in [1.165, 1.54) is 0 Å². The van der Waals surface area contributed by atoms with Crippen LogP contribution >= 0.6 is 0 Å². The van der Waals surface area contributed by atoms with Crippen molar-refractivity contribution >= 4 is 0 Å². The van der Waals surface area contributed by atoms with Gasteiger partial charge in [-0.1, -0.05) is 56.3 Å². The number of morpholine rings is 1. The highest BCUT2D eigenvalue weighted by molar-refractivity contribution is 5.35. The summed E-state index contributed by atoms with van der Waals surface area (Å²) in [5.41, 5.74) is 1.01. The molecule has 1 fully saturated rings. The van der Waals surface area contributed by atoms with Crippen LogP contribution in [0.3, 0.4) is 0 Å². The highest BCUT2D eigenvalue weighted by atomic mass is 16.5. The quantitative estimate of drug-likeness (QED) is 0.720. The Hall–Kier alpha value is -1.88. The van der Waals surface area contributed by atoms with Crippen LogP contribution in [0.4, 0.5) is 0 Å². The zero-order chi connectivity index (χ0) is 20.0. The molecule has 152 valence electrons. The fourth-order valence-electron chi connectivity index (χ4n) is 4.04. The summed E-state index contributed by atoms with van der Waals surface area (Å²) >= 11 is 0. The molecule has 2 aromatic carbocycles. The van der Waals surface area contributed by atoms with Gasteiger partial charge >= 0.3 is 0 Å². The Morgan fingerprint density at radius 3 is 2.25 bits per heavy atom. The summed E-state index contributed by atoms with van der Waals surface area (Å²) in [7, 11) is 0. The largest absolute Gasteiger partial charge is 0.508 e. The minimum absolute atomic E-state index is 0.0601. The number of phenolic OH excluding ortho intramolecular Hbond substituents is 1. The molecule has 2 atom stereocenters. The third-order valence-electron chi connectivity index (χ3n) is 5.79. The van der Waals surface area contributed by atoms with Crippen LogP contribution < -0.4 is 0 Å². The molecule has 0 aliphatic carbocycles. The van der Waals surface area contributed by atoms with E-state index in [-0.39, 0.29) is 11.7 Å². The standard InChI is InChI=1S/C24H33NO3/c1-19(2)12-13-24(27,21-8-10-22(26)11-9-21)23(20-6-4-3-5-7-20)18-25-14-16-28-17-15-25/h3-11,19,23,26-27H,12-18H2,1-2H3. The third kappa shape index (κ3) is 5.13. The number of aromatic hydroxyl groups is 1. The Balaban J connectivity index is 1.99. The van der Waals surface area contributed by atoms with E-state index < -0.39 is 5.60 Å². The number of hydrogen-bond acceptors (Lipinski definition) is 4. The van der Waals surface area contributed by atoms with Crippen molar-refractivity contribution in [3.63, 3.8) is 0 Å². The van der Waals surface area contributed by atoms with Gasteiger partial charge in [-0.05, 0) is 42.0 Å². The average Bonchev–Trinajstić information content (AvgIpc) is 2.72. The maximum atomic E-state index is 12.1. The number of rotatable bonds is 8. The van der Waals surface area contributed by atoms with Crippen molar-refractivity contribution in [1.82, 2.24) is 4.90 Å². The molecule has 1 aliphatic rings. The first-order valence-electron chi connectivity index (χ1n) is 10.4. The van der Waals surface area contributed by atoms with Crippen molar-refractivity contribution in [2.24, 2.45) is 5.92 Å². The third-order valence-corrected chi connectivity index (χ3v) is 5.79. The SMILES string of the molecule is CC(C)CCC(O)(c1ccc(O)cc1)C(CN1CCOCC1)c1ccccc1. The molecule has 2 unspecified atom stereocenters. The van der Waals surface area contributed by atoms with Gasteiger partial charge in [-0.3, -0.25) is 4.90 Å². The van der Waals surface area contributed by atoms with Crippen LogP contribution in [0.5, 0.6) is 5.75 Å². The molecule has 0 amide bonds. The monoisotopic (exact) mass is 383 g/mol. The number of nitrogens with zero attached hydrogens (tertiary/aromatic N) is 1. The molecular weight excluding hydrogens is 350 g/mol. The van der Waals surface area contributed by atoms with Crippen LogP contribution in [-0.4, -0.2) is 48.0 Å². The van der Waals surface area contributed by atoms with Crippen molar-refractivity contribution in [3.05, 3.63) is 65.7 Å². The lowest BCUT2D eigenvalue weighted by molar-refractivity contribution is -0.0311. The molecule has 1 saturated heterocycles. The number of hydrogen-bond donors (Lipinski definition) is 2. The Morgan fingerprint density at radius 1 is 1.00 bits per heavy atom. The van der Waals surface area contributed by atoms with Gasteiger partial charge in [0.25, 0.3) is 0 Å². The molecule has 3 rings (SSSR count). The first kappa shape index (κ1) is 20.8. The van der Waals surface area contributed by atoms with E-state index in [1.807, 2.05) is 30.3 Å². The normalized spacial score (nSPS) is 18.7. The zero-order valence-electron chi connectivity index (χ0n) is 17.1. The lowest BCUT2D eigenvalue weighted by Gasteiger charge is -2.41. The van der Waals surface area contributed by atoms with Crippen molar-refractivity contribution < 1.29 is 14.9 Å². The second kappa shape index (κ2) is 9.55. The van der Waals surface area contributed by atoms with E-state index in [9.17, 15) is 10.2 Å². The topological polar surface area (TPSA) is 52.9 Å². The molecule has 0 spiro atoms. The van der Waals surface area contributed by atoms with Gasteiger partial charge in [-0.15, -0.1) is 0 Å². The molecule has 1 aliphatic heterocycles. The molecular formula is C24H33NO3. The first-order chi connectivity index (χ1) is 13.5. The van der Waals surface area contributed by atoms with Crippen LogP contribution in [0, 0.1) is 5.92 Å². The van der Waals surface area contributed by atoms with E-state index >= 15 is 0 Å². The van der Waals surface area contributed by atoms with E-state index in [4.69, 9.17) is 4.74 Å². The molecule has 2 N–H and O–H groups in total. The first-order valence-corrected chi connectivity index (χ1v) is 10.4. The minimum atomic E-state index is -1.00. The van der Waals surface area contributed by atoms with Gasteiger partial charge in [0, 0.05) is 25.6 Å². The Morgan fingerprint density at radius 2 is 1.64 bits per heavy atom. The fraction of sp³-hybridized carbons (Fsp3) is 0.500. The van der Waals surface area contributed by atoms with Gasteiger partial charge < -0.3 is 14.9 Å². The van der Waals surface area contributed by atoms with Gasteiger partial charge in [0.05, 0.1) is 18.8 Å². The predicted molar refractivity (Wildman–Crippen MR) is 113 cm³/mol. The number of ether oxygens (including phenoxy) is 1. The minimum Gasteiger partial charge on any atom is -0.508 e. The fourth-order valence-corrected chi connectivity index (χ4v) is 4.04. The maximum absolute atomic E-state index is 12.1. The Kier molecular flexibility index (Phi) is 7.11. The lowest BCUT2D eigenvalue weighted by Crippen LogP contribution is -2.45. The summed E-state index contributed by atoms with van der Waals surface area (Å²) in [6.07, 6.45) is 1.61. The smallest absolute Gasteiger partial charge is 0.115 e. The highest BCUT2D eigenvalue weighted by Crippen LogP contribution is 2.42. The van der Waals surface area contributed by atoms with E-state index in [2.05, 4.69) is 30.9 Å². The molecule has 1 heterocycles. The van der Waals surface area contributed by atoms with Crippen molar-refractivity contribution in [1.29, 1.82) is 0 Å². The number of phenols is 1. The lowest BCUT2D eigenvalue weighted by atomic mass is 9.73. The molecule has 2 aromatic rings. The second-order valence-electron chi connectivity index (χ2n) is 8.28. The van der Waals surface area contributed by atoms with Crippen LogP contribution in [0.25, 0.3) is 0 Å². The summed E-state index contributed by atoms with van der Waals surface area (Å²) < 4.78 is 5.52. The molecule has 4 heteroatoms. The van der Waals surface area contributed by atoms with Gasteiger partial charge in [0.1, 0.15) is 5.75 Å². The number of benzene rings is 2. The second-order valence-corrected chi connectivity index (χ2v) is 8.28. The highest BCUT2D eigenvalue weighted by Gasteiger charge is 2.40. The molecule has 0 saturated carbocycles. The summed E-state index contributed by atoms with van der Waals surface area (Å²) in [5.74, 6) is 0.665. The Labute approximate surface area is 168 Å². The predicted octanol–water partition coefficient (Wildman–Crippen LogP) is 4.13. The summed E-state index contributed by atoms with van der Waals surface area (Å²) in [6, 6.07) is 17.4. The van der Waals surface area contributed by atoms with Crippen molar-refractivity contribution in [2.45, 2.75) is 38.2 Å². The molecule has 4 nitrogen and oxygen atoms in total. The zero-order valence-corrected chi connectivity index (χ0v) is 17.1. The van der Waals surface area contributed by atoms with Crippen molar-refractivity contribution in [2.75, 3.05) is 32.8 Å². The maximum Gasteiger partial charge on any atom is 0.115 e.